The minimum absolute atomic E-state index is 0.0125. The first-order valence-electron chi connectivity index (χ1n) is 23.7. The van der Waals surface area contributed by atoms with Gasteiger partial charge in [0.1, 0.15) is 58.8 Å². The van der Waals surface area contributed by atoms with Gasteiger partial charge in [-0.25, -0.2) is 23.4 Å². The Morgan fingerprint density at radius 1 is 0.901 bits per heavy atom. The van der Waals surface area contributed by atoms with E-state index in [1.54, 1.807) is 18.9 Å². The largest absolute Gasteiger partial charge is 0.497 e. The molecule has 0 amide bonds. The van der Waals surface area contributed by atoms with Gasteiger partial charge in [0.05, 0.1) is 49.8 Å². The maximum atomic E-state index is 18.0. The molecule has 372 valence electrons. The molecule has 10 rings (SSSR count). The van der Waals surface area contributed by atoms with Crippen LogP contribution in [0.5, 0.6) is 23.4 Å². The number of halogens is 5. The summed E-state index contributed by atoms with van der Waals surface area (Å²) in [5, 5.41) is 4.56. The number of ether oxygens (including phenoxy) is 5. The molecule has 2 saturated heterocycles. The zero-order valence-electron chi connectivity index (χ0n) is 40.3. The summed E-state index contributed by atoms with van der Waals surface area (Å²) < 4.78 is 111. The zero-order valence-corrected chi connectivity index (χ0v) is 40.3. The number of aromatic nitrogens is 6. The fourth-order valence-corrected chi connectivity index (χ4v) is 9.98. The van der Waals surface area contributed by atoms with Crippen molar-refractivity contribution < 1.29 is 45.6 Å². The molecule has 0 aliphatic carbocycles. The second-order valence-corrected chi connectivity index (χ2v) is 18.5. The van der Waals surface area contributed by atoms with E-state index in [0.29, 0.717) is 54.5 Å². The molecule has 3 aliphatic rings. The van der Waals surface area contributed by atoms with Gasteiger partial charge in [0.25, 0.3) is 0 Å². The number of methoxy groups -OCH3 is 2. The molecular formula is C52H54F5N9O5. The molecule has 14 nitrogen and oxygen atoms in total. The number of likely N-dealkylation sites (N-methyl/N-ethyl adjacent to an activating group) is 1. The Hall–Kier alpha value is -6.86. The Balaban J connectivity index is 1.14. The van der Waals surface area contributed by atoms with Crippen molar-refractivity contribution in [3.63, 3.8) is 0 Å². The Labute approximate surface area is 407 Å². The number of hydrogen-bond donors (Lipinski definition) is 0. The van der Waals surface area contributed by atoms with Crippen molar-refractivity contribution in [1.82, 2.24) is 34.6 Å². The van der Waals surface area contributed by atoms with Gasteiger partial charge in [0.2, 0.25) is 5.88 Å². The van der Waals surface area contributed by atoms with E-state index < -0.39 is 52.9 Å². The molecule has 4 aromatic heterocycles. The van der Waals surface area contributed by atoms with E-state index in [-0.39, 0.29) is 58.8 Å². The van der Waals surface area contributed by atoms with Crippen LogP contribution in [0, 0.1) is 18.6 Å². The zero-order chi connectivity index (χ0) is 49.7. The average molecular weight is 980 g/mol. The molecule has 7 heterocycles. The van der Waals surface area contributed by atoms with E-state index in [0.717, 1.165) is 36.9 Å². The van der Waals surface area contributed by atoms with Gasteiger partial charge in [-0.3, -0.25) is 4.90 Å². The summed E-state index contributed by atoms with van der Waals surface area (Å²) in [6.45, 7) is 7.20. The molecule has 0 saturated carbocycles. The molecule has 0 N–H and O–H groups in total. The number of benzene rings is 3. The van der Waals surface area contributed by atoms with Crippen molar-refractivity contribution in [3.05, 3.63) is 113 Å². The number of hydrogen-bond acceptors (Lipinski definition) is 13. The first-order chi connectivity index (χ1) is 34.2. The van der Waals surface area contributed by atoms with Crippen LogP contribution in [0.25, 0.3) is 33.1 Å². The van der Waals surface area contributed by atoms with E-state index in [1.165, 1.54) is 31.5 Å². The standard InChI is InChI=1S/C52H54F5N9O5/c1-29-21-40-39(24-59-66(40)41-9-7-8-20-69-41)42(44(29)52(55,56)57)46-45(54)47-43-49(62-51(61-47)71-28-35-18-19-63(35)4)65(30(2)27-70-50(43)60-46)31(3)38-22-34(53)23-58-48(38)64(25-32-10-14-36(67-5)15-11-32)26-33-12-16-37(68-6)17-13-33/h10-17,21-24,30-31,35,41H,7-9,18-20,25-28H2,1-6H3/t30-,31+,35-,41?/m0/s1. The number of nitrogens with zero attached hydrogens (tertiary/aromatic N) is 9. The fourth-order valence-electron chi connectivity index (χ4n) is 9.98. The predicted molar refractivity (Wildman–Crippen MR) is 257 cm³/mol. The number of pyridine rings is 2. The molecular weight excluding hydrogens is 926 g/mol. The number of aryl methyl sites for hydroxylation is 1. The highest BCUT2D eigenvalue weighted by atomic mass is 19.4. The molecule has 7 aromatic rings. The van der Waals surface area contributed by atoms with Crippen LogP contribution < -0.4 is 28.7 Å². The molecule has 0 radical (unpaired) electrons. The third-order valence-corrected chi connectivity index (χ3v) is 13.9. The van der Waals surface area contributed by atoms with Crippen LogP contribution in [0.1, 0.15) is 79.6 Å². The fraction of sp³-hybridized carbons (Fsp3) is 0.404. The Morgan fingerprint density at radius 2 is 1.61 bits per heavy atom. The van der Waals surface area contributed by atoms with Crippen LogP contribution in [-0.2, 0) is 24.0 Å². The minimum atomic E-state index is -4.93. The SMILES string of the molecule is COc1ccc(CN(Cc2ccc(OC)cc2)c2ncc(F)cc2[C@@H](C)N2c3nc(OC[C@@H]4CCN4C)nc4c(F)c(-c5c(C(F)(F)F)c(C)cc6c5cnn6C5CCCCO5)nc(c34)OC[C@@H]2C)cc1. The van der Waals surface area contributed by atoms with E-state index in [4.69, 9.17) is 33.7 Å². The molecule has 1 unspecified atom stereocenters. The normalized spacial score (nSPS) is 18.7. The third-order valence-electron chi connectivity index (χ3n) is 13.9. The monoisotopic (exact) mass is 979 g/mol. The van der Waals surface area contributed by atoms with E-state index in [9.17, 15) is 0 Å². The Kier molecular flexibility index (Phi) is 13.1. The lowest BCUT2D eigenvalue weighted by molar-refractivity contribution is -0.137. The molecule has 4 atom stereocenters. The van der Waals surface area contributed by atoms with Crippen molar-refractivity contribution in [1.29, 1.82) is 0 Å². The van der Waals surface area contributed by atoms with E-state index in [2.05, 4.69) is 20.0 Å². The van der Waals surface area contributed by atoms with Gasteiger partial charge >= 0.3 is 12.2 Å². The highest BCUT2D eigenvalue weighted by molar-refractivity contribution is 6.02. The summed E-state index contributed by atoms with van der Waals surface area (Å²) in [5.74, 6) is 0.0630. The Morgan fingerprint density at radius 3 is 2.21 bits per heavy atom. The highest BCUT2D eigenvalue weighted by Crippen LogP contribution is 2.49. The number of rotatable bonds is 14. The van der Waals surface area contributed by atoms with Crippen molar-refractivity contribution in [2.45, 2.75) is 90.1 Å². The third kappa shape index (κ3) is 9.20. The topological polar surface area (TPSA) is 125 Å². The van der Waals surface area contributed by atoms with Crippen LogP contribution in [-0.4, -0.2) is 94.3 Å². The Bertz CT molecular complexity index is 3030. The number of fused-ring (bicyclic) bond motifs is 1. The van der Waals surface area contributed by atoms with Gasteiger partial charge in [0, 0.05) is 42.3 Å². The first kappa shape index (κ1) is 47.8. The van der Waals surface area contributed by atoms with Gasteiger partial charge in [-0.15, -0.1) is 0 Å². The lowest BCUT2D eigenvalue weighted by Crippen LogP contribution is -2.48. The average Bonchev–Trinajstić information content (AvgIpc) is 3.73. The summed E-state index contributed by atoms with van der Waals surface area (Å²) >= 11 is 0. The van der Waals surface area contributed by atoms with Gasteiger partial charge < -0.3 is 33.5 Å². The summed E-state index contributed by atoms with van der Waals surface area (Å²) in [4.78, 5) is 24.9. The summed E-state index contributed by atoms with van der Waals surface area (Å²) in [6, 6.07) is 16.6. The minimum Gasteiger partial charge on any atom is -0.497 e. The molecule has 19 heteroatoms. The number of anilines is 2. The second-order valence-electron chi connectivity index (χ2n) is 18.5. The van der Waals surface area contributed by atoms with Crippen LogP contribution in [0.3, 0.4) is 0 Å². The lowest BCUT2D eigenvalue weighted by Gasteiger charge is -2.37. The van der Waals surface area contributed by atoms with Gasteiger partial charge in [0.15, 0.2) is 12.0 Å². The molecule has 0 bridgehead atoms. The summed E-state index contributed by atoms with van der Waals surface area (Å²) in [7, 11) is 5.15. The summed E-state index contributed by atoms with van der Waals surface area (Å²) in [5.41, 5.74) is -0.0359. The molecule has 3 aromatic carbocycles. The van der Waals surface area contributed by atoms with Crippen molar-refractivity contribution in [2.75, 3.05) is 57.4 Å². The molecule has 3 aliphatic heterocycles. The molecule has 71 heavy (non-hydrogen) atoms. The van der Waals surface area contributed by atoms with Gasteiger partial charge in [-0.2, -0.15) is 28.2 Å². The maximum Gasteiger partial charge on any atom is 0.417 e. The van der Waals surface area contributed by atoms with E-state index >= 15 is 22.0 Å². The van der Waals surface area contributed by atoms with Crippen LogP contribution in [0.2, 0.25) is 0 Å². The first-order valence-corrected chi connectivity index (χ1v) is 23.7. The second kappa shape index (κ2) is 19.4. The number of alkyl halides is 3. The predicted octanol–water partition coefficient (Wildman–Crippen LogP) is 10.4. The van der Waals surface area contributed by atoms with Crippen LogP contribution in [0.15, 0.2) is 73.1 Å². The molecule has 2 fully saturated rings. The van der Waals surface area contributed by atoms with E-state index in [1.807, 2.05) is 79.2 Å². The smallest absolute Gasteiger partial charge is 0.417 e. The highest BCUT2D eigenvalue weighted by Gasteiger charge is 2.41. The molecule has 0 spiro atoms. The quantitative estimate of drug-likeness (QED) is 0.0961. The van der Waals surface area contributed by atoms with Gasteiger partial charge in [-0.1, -0.05) is 24.3 Å². The van der Waals surface area contributed by atoms with Crippen LogP contribution >= 0.6 is 0 Å². The maximum absolute atomic E-state index is 18.0. The van der Waals surface area contributed by atoms with Crippen molar-refractivity contribution in [2.24, 2.45) is 0 Å². The van der Waals surface area contributed by atoms with Crippen molar-refractivity contribution >= 4 is 33.4 Å². The number of likely N-dealkylation sites (tertiary alicyclic amines) is 1. The van der Waals surface area contributed by atoms with Crippen LogP contribution in [0.4, 0.5) is 33.6 Å². The van der Waals surface area contributed by atoms with Crippen molar-refractivity contribution in [3.8, 4) is 34.6 Å². The lowest BCUT2D eigenvalue weighted by atomic mass is 9.94. The van der Waals surface area contributed by atoms with Gasteiger partial charge in [-0.05, 0) is 113 Å². The summed E-state index contributed by atoms with van der Waals surface area (Å²) in [6.07, 6.45) is 0.178.